The first-order valence-corrected chi connectivity index (χ1v) is 11.8. The fourth-order valence-electron chi connectivity index (χ4n) is 4.68. The van der Waals surface area contributed by atoms with Gasteiger partial charge in [0.05, 0.1) is 19.0 Å². The van der Waals surface area contributed by atoms with Crippen molar-refractivity contribution in [2.45, 2.75) is 64.0 Å². The van der Waals surface area contributed by atoms with Gasteiger partial charge in [-0.15, -0.1) is 0 Å². The zero-order valence-electron chi connectivity index (χ0n) is 19.8. The molecular formula is C24H27F4N5O3. The maximum atomic E-state index is 15.0. The third-order valence-electron chi connectivity index (χ3n) is 6.31. The van der Waals surface area contributed by atoms with Crippen LogP contribution in [-0.4, -0.2) is 68.7 Å². The quantitative estimate of drug-likeness (QED) is 0.450. The monoisotopic (exact) mass is 509 g/mol. The molecule has 12 heteroatoms. The number of pyridine rings is 1. The maximum absolute atomic E-state index is 15.0. The summed E-state index contributed by atoms with van der Waals surface area (Å²) in [5, 5.41) is 0. The van der Waals surface area contributed by atoms with E-state index in [0.29, 0.717) is 11.3 Å². The van der Waals surface area contributed by atoms with Crippen LogP contribution in [0.25, 0.3) is 0 Å². The van der Waals surface area contributed by atoms with Crippen LogP contribution >= 0.6 is 0 Å². The number of amides is 2. The number of fused-ring (bicyclic) bond motifs is 1. The highest BCUT2D eigenvalue weighted by Crippen LogP contribution is 2.31. The van der Waals surface area contributed by atoms with Crippen LogP contribution in [0.2, 0.25) is 0 Å². The van der Waals surface area contributed by atoms with Gasteiger partial charge in [-0.25, -0.2) is 23.5 Å². The van der Waals surface area contributed by atoms with Crippen molar-refractivity contribution in [3.63, 3.8) is 0 Å². The lowest BCUT2D eigenvalue weighted by Crippen LogP contribution is -2.42. The van der Waals surface area contributed by atoms with E-state index in [0.717, 1.165) is 41.8 Å². The minimum atomic E-state index is -3.20. The van der Waals surface area contributed by atoms with Gasteiger partial charge in [-0.05, 0) is 44.2 Å². The largest absolute Gasteiger partial charge is 0.401 e. The van der Waals surface area contributed by atoms with E-state index >= 15 is 0 Å². The number of halogens is 4. The summed E-state index contributed by atoms with van der Waals surface area (Å²) in [6.45, 7) is -2.39. The number of Topliss-reactive ketones (excluding diaryl/α,β-unsaturated/α-hetero) is 1. The second-order valence-electron chi connectivity index (χ2n) is 9.15. The van der Waals surface area contributed by atoms with Crippen LogP contribution in [0.5, 0.6) is 6.01 Å². The molecule has 0 radical (unpaired) electrons. The molecule has 0 aromatic carbocycles. The Morgan fingerprint density at radius 2 is 1.86 bits per heavy atom. The van der Waals surface area contributed by atoms with Crippen LogP contribution in [0.15, 0.2) is 24.5 Å². The van der Waals surface area contributed by atoms with Gasteiger partial charge in [0.2, 0.25) is 0 Å². The average Bonchev–Trinajstić information content (AvgIpc) is 3.16. The normalized spacial score (nSPS) is 16.9. The molecule has 1 aliphatic heterocycles. The molecule has 1 atom stereocenters. The molecule has 1 aliphatic carbocycles. The first kappa shape index (κ1) is 25.8. The van der Waals surface area contributed by atoms with Crippen LogP contribution < -0.4 is 4.74 Å². The standard InChI is InChI=1S/C24H27F4N5O3/c1-15(34)10-20(17-12-29-22(30-13-17)36-21(25)26)33-9-8-32(23(33)35)14-24(27,28)11-18-7-6-16-4-2-3-5-19(16)31-18/h6-7,12-13,20-21H,2-5,8-11,14H2,1H3/t20-/m0/s1. The fourth-order valence-corrected chi connectivity index (χ4v) is 4.68. The van der Waals surface area contributed by atoms with E-state index in [1.54, 1.807) is 6.07 Å². The number of hydrogen-bond acceptors (Lipinski definition) is 6. The lowest BCUT2D eigenvalue weighted by atomic mass is 9.95. The smallest absolute Gasteiger partial charge is 0.389 e. The number of aromatic nitrogens is 3. The minimum absolute atomic E-state index is 0.0495. The Morgan fingerprint density at radius 3 is 2.56 bits per heavy atom. The van der Waals surface area contributed by atoms with Gasteiger partial charge in [-0.2, -0.15) is 8.78 Å². The SMILES string of the molecule is CC(=O)C[C@@H](c1cnc(OC(F)F)nc1)N1CCN(CC(F)(F)Cc2ccc3c(n2)CCCC3)C1=O. The molecule has 1 fully saturated rings. The second kappa shape index (κ2) is 10.8. The van der Waals surface area contributed by atoms with Gasteiger partial charge < -0.3 is 14.5 Å². The number of ketones is 1. The highest BCUT2D eigenvalue weighted by molar-refractivity contribution is 5.80. The third kappa shape index (κ3) is 6.27. The molecule has 2 aromatic heterocycles. The highest BCUT2D eigenvalue weighted by atomic mass is 19.3. The van der Waals surface area contributed by atoms with Crippen molar-refractivity contribution >= 4 is 11.8 Å². The first-order chi connectivity index (χ1) is 17.1. The summed E-state index contributed by atoms with van der Waals surface area (Å²) in [6, 6.07) is 1.46. The Kier molecular flexibility index (Phi) is 7.70. The van der Waals surface area contributed by atoms with Crippen LogP contribution in [0.1, 0.15) is 54.7 Å². The molecule has 36 heavy (non-hydrogen) atoms. The molecule has 0 unspecified atom stereocenters. The molecule has 2 amide bonds. The molecule has 0 saturated carbocycles. The van der Waals surface area contributed by atoms with E-state index in [2.05, 4.69) is 19.7 Å². The van der Waals surface area contributed by atoms with Crippen LogP contribution in [0.4, 0.5) is 22.4 Å². The molecular weight excluding hydrogens is 482 g/mol. The van der Waals surface area contributed by atoms with Gasteiger partial charge in [-0.3, -0.25) is 9.78 Å². The zero-order valence-corrected chi connectivity index (χ0v) is 19.8. The predicted molar refractivity (Wildman–Crippen MR) is 120 cm³/mol. The van der Waals surface area contributed by atoms with Gasteiger partial charge in [0.1, 0.15) is 5.78 Å². The van der Waals surface area contributed by atoms with Gasteiger partial charge in [0, 0.05) is 48.9 Å². The second-order valence-corrected chi connectivity index (χ2v) is 9.15. The number of nitrogens with zero attached hydrogens (tertiary/aromatic N) is 5. The molecule has 2 aliphatic rings. The van der Waals surface area contributed by atoms with E-state index < -0.39 is 43.6 Å². The van der Waals surface area contributed by atoms with Gasteiger partial charge >= 0.3 is 18.7 Å². The first-order valence-electron chi connectivity index (χ1n) is 11.8. The summed E-state index contributed by atoms with van der Waals surface area (Å²) in [5.74, 6) is -3.45. The molecule has 3 heterocycles. The molecule has 1 saturated heterocycles. The summed E-state index contributed by atoms with van der Waals surface area (Å²) in [7, 11) is 0. The Hall–Kier alpha value is -3.31. The molecule has 2 aromatic rings. The number of urea groups is 1. The Balaban J connectivity index is 1.44. The Morgan fingerprint density at radius 1 is 1.14 bits per heavy atom. The Bertz CT molecular complexity index is 1100. The topological polar surface area (TPSA) is 88.5 Å². The van der Waals surface area contributed by atoms with Gasteiger partial charge in [-0.1, -0.05) is 6.07 Å². The van der Waals surface area contributed by atoms with Gasteiger partial charge in [0.25, 0.3) is 5.92 Å². The van der Waals surface area contributed by atoms with Crippen molar-refractivity contribution in [1.82, 2.24) is 24.8 Å². The van der Waals surface area contributed by atoms with Crippen LogP contribution in [0.3, 0.4) is 0 Å². The van der Waals surface area contributed by atoms with Crippen molar-refractivity contribution in [2.75, 3.05) is 19.6 Å². The number of alkyl halides is 4. The number of carbonyl (C=O) groups is 2. The average molecular weight is 510 g/mol. The Labute approximate surface area is 205 Å². The van der Waals surface area contributed by atoms with E-state index in [-0.39, 0.29) is 25.3 Å². The zero-order chi connectivity index (χ0) is 25.9. The fraction of sp³-hybridized carbons (Fsp3) is 0.542. The predicted octanol–water partition coefficient (Wildman–Crippen LogP) is 3.99. The summed E-state index contributed by atoms with van der Waals surface area (Å²) in [4.78, 5) is 39.1. The van der Waals surface area contributed by atoms with E-state index in [1.165, 1.54) is 24.2 Å². The van der Waals surface area contributed by atoms with E-state index in [1.807, 2.05) is 6.07 Å². The van der Waals surface area contributed by atoms with Crippen molar-refractivity contribution in [1.29, 1.82) is 0 Å². The number of aryl methyl sites for hydroxylation is 2. The van der Waals surface area contributed by atoms with Crippen molar-refractivity contribution in [3.8, 4) is 6.01 Å². The molecule has 0 spiro atoms. The van der Waals surface area contributed by atoms with Crippen molar-refractivity contribution < 1.29 is 31.9 Å². The number of ether oxygens (including phenoxy) is 1. The molecule has 4 rings (SSSR count). The summed E-state index contributed by atoms with van der Waals surface area (Å²) < 4.78 is 58.8. The van der Waals surface area contributed by atoms with E-state index in [4.69, 9.17) is 0 Å². The number of carbonyl (C=O) groups excluding carboxylic acids is 2. The number of rotatable bonds is 10. The minimum Gasteiger partial charge on any atom is -0.401 e. The van der Waals surface area contributed by atoms with Gasteiger partial charge in [0.15, 0.2) is 0 Å². The maximum Gasteiger partial charge on any atom is 0.389 e. The van der Waals surface area contributed by atoms with Crippen LogP contribution in [0, 0.1) is 0 Å². The summed E-state index contributed by atoms with van der Waals surface area (Å²) in [6.07, 6.45) is 5.44. The van der Waals surface area contributed by atoms with Crippen molar-refractivity contribution in [3.05, 3.63) is 47.0 Å². The molecule has 0 bridgehead atoms. The highest BCUT2D eigenvalue weighted by Gasteiger charge is 2.41. The number of hydrogen-bond donors (Lipinski definition) is 0. The van der Waals surface area contributed by atoms with Crippen LogP contribution in [-0.2, 0) is 24.1 Å². The van der Waals surface area contributed by atoms with E-state index in [9.17, 15) is 27.2 Å². The molecule has 8 nitrogen and oxygen atoms in total. The summed E-state index contributed by atoms with van der Waals surface area (Å²) in [5.41, 5.74) is 2.58. The third-order valence-corrected chi connectivity index (χ3v) is 6.31. The lowest BCUT2D eigenvalue weighted by Gasteiger charge is -2.28. The lowest BCUT2D eigenvalue weighted by molar-refractivity contribution is -0.118. The molecule has 0 N–H and O–H groups in total. The molecule has 194 valence electrons. The van der Waals surface area contributed by atoms with Crippen molar-refractivity contribution in [2.24, 2.45) is 0 Å². The summed E-state index contributed by atoms with van der Waals surface area (Å²) >= 11 is 0.